The maximum absolute atomic E-state index is 12.6. The molecule has 2 rings (SSSR count). The molecule has 0 saturated carbocycles. The smallest absolute Gasteiger partial charge is 0.261 e. The lowest BCUT2D eigenvalue weighted by Crippen LogP contribution is -2.26. The zero-order chi connectivity index (χ0) is 19.2. The lowest BCUT2D eigenvalue weighted by atomic mass is 10.1. The molecule has 0 fully saturated rings. The van der Waals surface area contributed by atoms with E-state index in [0.29, 0.717) is 24.3 Å². The number of carbonyl (C=O) groups excluding carboxylic acids is 1. The van der Waals surface area contributed by atoms with Gasteiger partial charge in [-0.15, -0.1) is 12.4 Å². The van der Waals surface area contributed by atoms with Crippen molar-refractivity contribution in [1.82, 2.24) is 5.32 Å². The Labute approximate surface area is 167 Å². The van der Waals surface area contributed by atoms with Crippen molar-refractivity contribution >= 4 is 34.0 Å². The van der Waals surface area contributed by atoms with Crippen molar-refractivity contribution < 1.29 is 13.2 Å². The molecule has 4 N–H and O–H groups in total. The number of nitrogens with one attached hydrogen (secondary N) is 2. The summed E-state index contributed by atoms with van der Waals surface area (Å²) in [5.41, 5.74) is 8.02. The van der Waals surface area contributed by atoms with Gasteiger partial charge in [-0.1, -0.05) is 23.8 Å². The fraction of sp³-hybridized carbons (Fsp3) is 0.316. The molecular formula is C19H26ClN3O3S. The van der Waals surface area contributed by atoms with Crippen molar-refractivity contribution in [2.75, 3.05) is 17.8 Å². The number of carbonyl (C=O) groups is 1. The third-order valence-electron chi connectivity index (χ3n) is 3.98. The predicted molar refractivity (Wildman–Crippen MR) is 111 cm³/mol. The van der Waals surface area contributed by atoms with Gasteiger partial charge >= 0.3 is 0 Å². The maximum atomic E-state index is 12.6. The normalized spacial score (nSPS) is 10.8. The Hall–Kier alpha value is -2.09. The van der Waals surface area contributed by atoms with E-state index in [1.54, 1.807) is 25.1 Å². The van der Waals surface area contributed by atoms with E-state index in [1.807, 2.05) is 19.1 Å². The Balaban J connectivity index is 0.00000364. The lowest BCUT2D eigenvalue weighted by Gasteiger charge is -2.12. The highest BCUT2D eigenvalue weighted by molar-refractivity contribution is 7.92. The third kappa shape index (κ3) is 6.53. The van der Waals surface area contributed by atoms with Gasteiger partial charge in [0.05, 0.1) is 4.90 Å². The molecule has 2 aromatic carbocycles. The average Bonchev–Trinajstić information content (AvgIpc) is 2.60. The number of hydrogen-bond donors (Lipinski definition) is 3. The molecule has 2 aromatic rings. The van der Waals surface area contributed by atoms with Gasteiger partial charge in [-0.3, -0.25) is 9.52 Å². The number of benzene rings is 2. The number of sulfonamides is 1. The number of nitrogens with two attached hydrogens (primary N) is 1. The summed E-state index contributed by atoms with van der Waals surface area (Å²) in [5.74, 6) is -0.285. The Morgan fingerprint density at radius 2 is 1.70 bits per heavy atom. The molecule has 0 aliphatic heterocycles. The van der Waals surface area contributed by atoms with Gasteiger partial charge < -0.3 is 11.1 Å². The quantitative estimate of drug-likeness (QED) is 0.581. The van der Waals surface area contributed by atoms with Crippen molar-refractivity contribution in [3.05, 3.63) is 59.2 Å². The van der Waals surface area contributed by atoms with Crippen molar-refractivity contribution in [1.29, 1.82) is 0 Å². The zero-order valence-electron chi connectivity index (χ0n) is 15.5. The first kappa shape index (κ1) is 23.0. The minimum Gasteiger partial charge on any atom is -0.352 e. The van der Waals surface area contributed by atoms with E-state index in [4.69, 9.17) is 5.73 Å². The molecule has 1 amide bonds. The molecule has 0 atom stereocenters. The van der Waals surface area contributed by atoms with Crippen LogP contribution in [0.1, 0.15) is 34.3 Å². The minimum atomic E-state index is -3.77. The van der Waals surface area contributed by atoms with Crippen LogP contribution in [0, 0.1) is 13.8 Å². The van der Waals surface area contributed by atoms with Gasteiger partial charge in [-0.25, -0.2) is 8.42 Å². The lowest BCUT2D eigenvalue weighted by molar-refractivity contribution is 0.0952. The summed E-state index contributed by atoms with van der Waals surface area (Å²) in [6.45, 7) is 4.79. The molecule has 0 bridgehead atoms. The van der Waals surface area contributed by atoms with E-state index in [9.17, 15) is 13.2 Å². The molecule has 0 saturated heterocycles. The zero-order valence-corrected chi connectivity index (χ0v) is 17.1. The fourth-order valence-corrected chi connectivity index (χ4v) is 3.50. The van der Waals surface area contributed by atoms with Crippen LogP contribution in [0.3, 0.4) is 0 Å². The summed E-state index contributed by atoms with van der Waals surface area (Å²) in [6, 6.07) is 11.6. The molecule has 0 aromatic heterocycles. The molecule has 0 spiro atoms. The Morgan fingerprint density at radius 1 is 1.04 bits per heavy atom. The van der Waals surface area contributed by atoms with Gasteiger partial charge in [0.25, 0.3) is 15.9 Å². The van der Waals surface area contributed by atoms with Gasteiger partial charge in [0.2, 0.25) is 0 Å². The summed E-state index contributed by atoms with van der Waals surface area (Å²) in [6.07, 6.45) is 1.61. The van der Waals surface area contributed by atoms with Crippen LogP contribution < -0.4 is 15.8 Å². The monoisotopic (exact) mass is 411 g/mol. The largest absolute Gasteiger partial charge is 0.352 e. The summed E-state index contributed by atoms with van der Waals surface area (Å²) in [4.78, 5) is 12.4. The average molecular weight is 412 g/mol. The first-order valence-electron chi connectivity index (χ1n) is 8.52. The number of hydrogen-bond acceptors (Lipinski definition) is 4. The highest BCUT2D eigenvalue weighted by Crippen LogP contribution is 2.19. The number of unbranched alkanes of at least 4 members (excludes halogenated alkanes) is 1. The first-order valence-corrected chi connectivity index (χ1v) is 10.0. The van der Waals surface area contributed by atoms with E-state index >= 15 is 0 Å². The van der Waals surface area contributed by atoms with Gasteiger partial charge in [-0.2, -0.15) is 0 Å². The van der Waals surface area contributed by atoms with Crippen LogP contribution >= 0.6 is 12.4 Å². The molecule has 0 aliphatic carbocycles. The van der Waals surface area contributed by atoms with Crippen molar-refractivity contribution in [3.8, 4) is 0 Å². The SMILES string of the molecule is Cc1ccc(NS(=O)(=O)c2ccc(C)c(C(=O)NCCCCN)c2)cc1.Cl. The van der Waals surface area contributed by atoms with E-state index in [0.717, 1.165) is 24.0 Å². The van der Waals surface area contributed by atoms with E-state index < -0.39 is 10.0 Å². The van der Waals surface area contributed by atoms with Crippen molar-refractivity contribution in [2.24, 2.45) is 5.73 Å². The summed E-state index contributed by atoms with van der Waals surface area (Å²) < 4.78 is 27.8. The number of halogens is 1. The summed E-state index contributed by atoms with van der Waals surface area (Å²) in [7, 11) is -3.77. The molecule has 0 aliphatic rings. The van der Waals surface area contributed by atoms with Crippen LogP contribution in [-0.2, 0) is 10.0 Å². The van der Waals surface area contributed by atoms with Gasteiger partial charge in [-0.05, 0) is 63.1 Å². The number of aryl methyl sites for hydroxylation is 2. The van der Waals surface area contributed by atoms with Crippen LogP contribution in [0.2, 0.25) is 0 Å². The second-order valence-electron chi connectivity index (χ2n) is 6.20. The van der Waals surface area contributed by atoms with E-state index in [1.165, 1.54) is 12.1 Å². The third-order valence-corrected chi connectivity index (χ3v) is 5.36. The molecular weight excluding hydrogens is 386 g/mol. The van der Waals surface area contributed by atoms with Gasteiger partial charge in [0, 0.05) is 17.8 Å². The molecule has 8 heteroatoms. The van der Waals surface area contributed by atoms with Crippen molar-refractivity contribution in [3.63, 3.8) is 0 Å². The molecule has 27 heavy (non-hydrogen) atoms. The molecule has 148 valence electrons. The Kier molecular flexibility index (Phi) is 8.75. The van der Waals surface area contributed by atoms with Crippen LogP contribution in [0.15, 0.2) is 47.4 Å². The van der Waals surface area contributed by atoms with Gasteiger partial charge in [0.1, 0.15) is 0 Å². The molecule has 0 radical (unpaired) electrons. The minimum absolute atomic E-state index is 0. The summed E-state index contributed by atoms with van der Waals surface area (Å²) >= 11 is 0. The second kappa shape index (κ2) is 10.3. The van der Waals surface area contributed by atoms with E-state index in [-0.39, 0.29) is 23.2 Å². The number of amides is 1. The van der Waals surface area contributed by atoms with Crippen LogP contribution in [0.5, 0.6) is 0 Å². The Morgan fingerprint density at radius 3 is 2.33 bits per heavy atom. The van der Waals surface area contributed by atoms with Crippen LogP contribution in [-0.4, -0.2) is 27.4 Å². The standard InChI is InChI=1S/C19H25N3O3S.ClH/c1-14-5-8-16(9-6-14)22-26(24,25)17-10-7-15(2)18(13-17)19(23)21-12-4-3-11-20;/h5-10,13,22H,3-4,11-12,20H2,1-2H3,(H,21,23);1H. The molecule has 0 unspecified atom stereocenters. The predicted octanol–water partition coefficient (Wildman–Crippen LogP) is 2.99. The second-order valence-corrected chi connectivity index (χ2v) is 7.88. The highest BCUT2D eigenvalue weighted by atomic mass is 35.5. The van der Waals surface area contributed by atoms with Gasteiger partial charge in [0.15, 0.2) is 0 Å². The molecule has 0 heterocycles. The Bertz CT molecular complexity index is 868. The molecule has 6 nitrogen and oxygen atoms in total. The maximum Gasteiger partial charge on any atom is 0.261 e. The number of rotatable bonds is 8. The van der Waals surface area contributed by atoms with Crippen LogP contribution in [0.4, 0.5) is 5.69 Å². The van der Waals surface area contributed by atoms with Crippen LogP contribution in [0.25, 0.3) is 0 Å². The highest BCUT2D eigenvalue weighted by Gasteiger charge is 2.18. The number of anilines is 1. The van der Waals surface area contributed by atoms with E-state index in [2.05, 4.69) is 10.0 Å². The fourth-order valence-electron chi connectivity index (χ4n) is 2.42. The summed E-state index contributed by atoms with van der Waals surface area (Å²) in [5, 5.41) is 2.80. The first-order chi connectivity index (χ1) is 12.3. The topological polar surface area (TPSA) is 101 Å². The van der Waals surface area contributed by atoms with Crippen molar-refractivity contribution in [2.45, 2.75) is 31.6 Å².